The van der Waals surface area contributed by atoms with Crippen molar-refractivity contribution < 1.29 is 0 Å². The van der Waals surface area contributed by atoms with E-state index in [9.17, 15) is 0 Å². The molecule has 0 fully saturated rings. The first kappa shape index (κ1) is 9.34. The van der Waals surface area contributed by atoms with Crippen molar-refractivity contribution in [3.8, 4) is 0 Å². The molecule has 0 aliphatic carbocycles. The standard InChI is InChI=1S/Li.PS.Sb.3H/c;1-2;;;;/q;-1;+1;;;. The Balaban J connectivity index is 0. The van der Waals surface area contributed by atoms with E-state index in [1.54, 1.807) is 0 Å². The summed E-state index contributed by atoms with van der Waals surface area (Å²) < 4.78 is 0. The molecular formula is H3LiPSSb. The first-order valence-corrected chi connectivity index (χ1v) is 6.84. The van der Waals surface area contributed by atoms with Gasteiger partial charge in [0.2, 0.25) is 0 Å². The Hall–Kier alpha value is 1.94. The van der Waals surface area contributed by atoms with Crippen molar-refractivity contribution in [3.05, 3.63) is 0 Å². The molecule has 0 aromatic heterocycles. The first-order valence-electron chi connectivity index (χ1n) is 0.441. The molecule has 0 bridgehead atoms. The molecular weight excluding hydrogens is 192 g/mol. The molecule has 4 heavy (non-hydrogen) atoms. The Labute approximate surface area is 57.6 Å². The third kappa shape index (κ3) is 9.05. The Morgan fingerprint density at radius 3 is 1.75 bits per heavy atom. The molecule has 0 atom stereocenters. The van der Waals surface area contributed by atoms with Crippen LogP contribution in [0.15, 0.2) is 0 Å². The van der Waals surface area contributed by atoms with Gasteiger partial charge >= 0.3 is 58.1 Å². The second kappa shape index (κ2) is 8.87. The van der Waals surface area contributed by atoms with E-state index in [4.69, 9.17) is 0 Å². The van der Waals surface area contributed by atoms with E-state index < -0.39 is 0 Å². The van der Waals surface area contributed by atoms with Crippen LogP contribution in [0.4, 0.5) is 0 Å². The quantitative estimate of drug-likeness (QED) is 0.363. The molecule has 0 saturated carbocycles. The maximum absolute atomic E-state index is 4.42. The van der Waals surface area contributed by atoms with Crippen LogP contribution < -0.4 is 0 Å². The third-order valence-corrected chi connectivity index (χ3v) is 0. The van der Waals surface area contributed by atoms with Gasteiger partial charge in [-0.05, 0) is 0 Å². The van der Waals surface area contributed by atoms with Crippen molar-refractivity contribution >= 4 is 58.1 Å². The summed E-state index contributed by atoms with van der Waals surface area (Å²) in [6.45, 7) is 0. The van der Waals surface area contributed by atoms with Gasteiger partial charge in [0.05, 0.1) is 0 Å². The Kier molecular flexibility index (Phi) is 20.7. The SMILES string of the molecule is S=[P][SbH2].[LiH]. The Morgan fingerprint density at radius 1 is 1.75 bits per heavy atom. The van der Waals surface area contributed by atoms with E-state index in [2.05, 4.69) is 11.8 Å². The van der Waals surface area contributed by atoms with E-state index >= 15 is 0 Å². The fourth-order valence-corrected chi connectivity index (χ4v) is 0. The van der Waals surface area contributed by atoms with Gasteiger partial charge in [-0.1, -0.05) is 0 Å². The Morgan fingerprint density at radius 2 is 1.75 bits per heavy atom. The molecule has 0 heterocycles. The molecule has 0 aliphatic rings. The molecule has 0 aliphatic heterocycles. The van der Waals surface area contributed by atoms with E-state index in [0.29, 0.717) is 0 Å². The predicted octanol–water partition coefficient (Wildman–Crippen LogP) is -0.706. The summed E-state index contributed by atoms with van der Waals surface area (Å²) in [6, 6.07) is 0. The summed E-state index contributed by atoms with van der Waals surface area (Å²) in [6.07, 6.45) is 0. The van der Waals surface area contributed by atoms with E-state index in [0.717, 1.165) is 4.93 Å². The van der Waals surface area contributed by atoms with Crippen LogP contribution in [0, 0.1) is 0 Å². The normalized spacial score (nSPS) is 5.25. The fourth-order valence-electron chi connectivity index (χ4n) is 0. The fraction of sp³-hybridized carbons (Fsp3) is 0. The zero-order valence-electron chi connectivity index (χ0n) is 1.43. The summed E-state index contributed by atoms with van der Waals surface area (Å²) in [5.41, 5.74) is 0. The third-order valence-electron chi connectivity index (χ3n) is 0. The second-order valence-electron chi connectivity index (χ2n) is 0.105. The van der Waals surface area contributed by atoms with Crippen LogP contribution in [0.2, 0.25) is 0 Å². The van der Waals surface area contributed by atoms with Gasteiger partial charge in [0.15, 0.2) is 0 Å². The van der Waals surface area contributed by atoms with Gasteiger partial charge in [-0.2, -0.15) is 0 Å². The second-order valence-corrected chi connectivity index (χ2v) is 6.36. The minimum absolute atomic E-state index is 0. The van der Waals surface area contributed by atoms with Gasteiger partial charge in [0.1, 0.15) is 0 Å². The van der Waals surface area contributed by atoms with Gasteiger partial charge in [0, 0.05) is 0 Å². The first-order chi connectivity index (χ1) is 1.41. The van der Waals surface area contributed by atoms with Crippen molar-refractivity contribution in [2.24, 2.45) is 0 Å². The van der Waals surface area contributed by atoms with Crippen molar-refractivity contribution in [1.82, 2.24) is 0 Å². The van der Waals surface area contributed by atoms with Crippen LogP contribution in [-0.4, -0.2) is 41.3 Å². The van der Waals surface area contributed by atoms with Gasteiger partial charge in [-0.25, -0.2) is 0 Å². The van der Waals surface area contributed by atoms with E-state index in [1.807, 2.05) is 0 Å². The van der Waals surface area contributed by atoms with Crippen LogP contribution in [0.25, 0.3) is 0 Å². The average Bonchev–Trinajstić information content (AvgIpc) is 0.918. The summed E-state index contributed by atoms with van der Waals surface area (Å²) in [5, 5.41) is 0. The summed E-state index contributed by atoms with van der Waals surface area (Å²) in [4.78, 5) is 1.13. The van der Waals surface area contributed by atoms with Gasteiger partial charge in [-0.3, -0.25) is 0 Å². The Bertz CT molecular complexity index is 15.5. The number of rotatable bonds is 0. The number of hydrogen-bond acceptors (Lipinski definition) is 1. The van der Waals surface area contributed by atoms with Crippen molar-refractivity contribution in [2.75, 3.05) is 0 Å². The van der Waals surface area contributed by atoms with Crippen molar-refractivity contribution in [2.45, 2.75) is 0 Å². The van der Waals surface area contributed by atoms with Crippen LogP contribution in [0.1, 0.15) is 0 Å². The summed E-state index contributed by atoms with van der Waals surface area (Å²) in [5.74, 6) is 0. The molecule has 0 N–H and O–H groups in total. The van der Waals surface area contributed by atoms with E-state index in [-0.39, 0.29) is 18.9 Å². The monoisotopic (exact) mass is 194 g/mol. The van der Waals surface area contributed by atoms with Crippen LogP contribution in [0.3, 0.4) is 0 Å². The molecule has 0 spiro atoms. The maximum atomic E-state index is 4.42. The minimum atomic E-state index is 0. The molecule has 0 unspecified atom stereocenters. The summed E-state index contributed by atoms with van der Waals surface area (Å²) in [7, 11) is 0. The molecule has 0 amide bonds. The summed E-state index contributed by atoms with van der Waals surface area (Å²) >= 11 is 5.63. The zero-order chi connectivity index (χ0) is 2.71. The van der Waals surface area contributed by atoms with Gasteiger partial charge < -0.3 is 0 Å². The van der Waals surface area contributed by atoms with Crippen LogP contribution in [0.5, 0.6) is 0 Å². The van der Waals surface area contributed by atoms with E-state index in [1.165, 1.54) is 22.5 Å². The topological polar surface area (TPSA) is 0 Å². The molecule has 0 radical (unpaired) electrons. The predicted molar refractivity (Wildman–Crippen MR) is 30.0 cm³/mol. The number of hydrogen-bond donors (Lipinski definition) is 0. The molecule has 0 saturated heterocycles. The van der Waals surface area contributed by atoms with Crippen LogP contribution in [-0.2, 0) is 11.8 Å². The molecule has 4 heteroatoms. The van der Waals surface area contributed by atoms with Crippen molar-refractivity contribution in [1.29, 1.82) is 0 Å². The molecule has 0 rings (SSSR count). The molecule has 0 aromatic rings. The van der Waals surface area contributed by atoms with Gasteiger partial charge in [0.25, 0.3) is 0 Å². The molecule has 20 valence electrons. The zero-order valence-corrected chi connectivity index (χ0v) is 6.44. The van der Waals surface area contributed by atoms with Crippen molar-refractivity contribution in [3.63, 3.8) is 0 Å². The molecule has 0 nitrogen and oxygen atoms in total. The van der Waals surface area contributed by atoms with Gasteiger partial charge in [-0.15, -0.1) is 0 Å². The average molecular weight is 195 g/mol. The van der Waals surface area contributed by atoms with Crippen LogP contribution >= 0.6 is 4.93 Å². The molecule has 0 aromatic carbocycles.